The van der Waals surface area contributed by atoms with E-state index in [0.717, 1.165) is 42.4 Å². The SMILES string of the molecule is COc1ccc(CCNC(=O)C(C)Sc2nnc(Cc3cccs3)n2C2CC2)cc1. The summed E-state index contributed by atoms with van der Waals surface area (Å²) in [4.78, 5) is 13.9. The molecule has 0 aliphatic heterocycles. The summed E-state index contributed by atoms with van der Waals surface area (Å²) in [5.74, 6) is 1.86. The number of carbonyl (C=O) groups excluding carboxylic acids is 1. The minimum Gasteiger partial charge on any atom is -0.497 e. The Morgan fingerprint density at radius 3 is 2.77 bits per heavy atom. The number of hydrogen-bond donors (Lipinski definition) is 1. The van der Waals surface area contributed by atoms with Gasteiger partial charge in [-0.3, -0.25) is 4.79 Å². The Morgan fingerprint density at radius 1 is 1.30 bits per heavy atom. The number of ether oxygens (including phenoxy) is 1. The van der Waals surface area contributed by atoms with Crippen molar-refractivity contribution in [2.45, 2.75) is 49.1 Å². The van der Waals surface area contributed by atoms with E-state index in [2.05, 4.69) is 37.6 Å². The Bertz CT molecular complexity index is 966. The van der Waals surface area contributed by atoms with Crippen LogP contribution in [0.3, 0.4) is 0 Å². The maximum Gasteiger partial charge on any atom is 0.233 e. The largest absolute Gasteiger partial charge is 0.497 e. The summed E-state index contributed by atoms with van der Waals surface area (Å²) in [6.07, 6.45) is 3.90. The predicted octanol–water partition coefficient (Wildman–Crippen LogP) is 4.11. The molecule has 30 heavy (non-hydrogen) atoms. The molecule has 158 valence electrons. The summed E-state index contributed by atoms with van der Waals surface area (Å²) in [7, 11) is 1.66. The van der Waals surface area contributed by atoms with Crippen LogP contribution in [0.5, 0.6) is 5.75 Å². The number of thiophene rings is 1. The van der Waals surface area contributed by atoms with E-state index < -0.39 is 0 Å². The number of carbonyl (C=O) groups is 1. The molecule has 1 aliphatic carbocycles. The van der Waals surface area contributed by atoms with E-state index in [1.165, 1.54) is 22.2 Å². The van der Waals surface area contributed by atoms with Gasteiger partial charge in [-0.05, 0) is 55.3 Å². The van der Waals surface area contributed by atoms with Gasteiger partial charge in [0.2, 0.25) is 5.91 Å². The molecular formula is C22H26N4O2S2. The molecule has 1 amide bonds. The number of thioether (sulfide) groups is 1. The lowest BCUT2D eigenvalue weighted by Gasteiger charge is -2.13. The Balaban J connectivity index is 1.32. The highest BCUT2D eigenvalue weighted by Gasteiger charge is 2.31. The molecule has 1 fully saturated rings. The molecule has 1 saturated carbocycles. The smallest absolute Gasteiger partial charge is 0.233 e. The maximum atomic E-state index is 12.6. The van der Waals surface area contributed by atoms with Crippen LogP contribution >= 0.6 is 23.1 Å². The quantitative estimate of drug-likeness (QED) is 0.479. The molecule has 1 unspecified atom stereocenters. The number of nitrogens with one attached hydrogen (secondary N) is 1. The van der Waals surface area contributed by atoms with Gasteiger partial charge in [0.25, 0.3) is 0 Å². The van der Waals surface area contributed by atoms with Crippen molar-refractivity contribution in [3.05, 3.63) is 58.0 Å². The summed E-state index contributed by atoms with van der Waals surface area (Å²) in [5.41, 5.74) is 1.17. The first kappa shape index (κ1) is 20.9. The van der Waals surface area contributed by atoms with Gasteiger partial charge in [0.05, 0.1) is 12.4 Å². The van der Waals surface area contributed by atoms with Crippen LogP contribution in [0.1, 0.15) is 42.1 Å². The molecule has 2 heterocycles. The average Bonchev–Trinajstić information content (AvgIpc) is 3.32. The zero-order valence-electron chi connectivity index (χ0n) is 17.2. The Hall–Kier alpha value is -2.32. The monoisotopic (exact) mass is 442 g/mol. The first-order valence-corrected chi connectivity index (χ1v) is 11.9. The molecule has 1 atom stereocenters. The van der Waals surface area contributed by atoms with Crippen LogP contribution in [0.4, 0.5) is 0 Å². The molecule has 2 aromatic heterocycles. The number of methoxy groups -OCH3 is 1. The Morgan fingerprint density at radius 2 is 2.10 bits per heavy atom. The number of amides is 1. The van der Waals surface area contributed by atoms with E-state index >= 15 is 0 Å². The molecule has 0 spiro atoms. The van der Waals surface area contributed by atoms with Crippen molar-refractivity contribution < 1.29 is 9.53 Å². The number of hydrogen-bond acceptors (Lipinski definition) is 6. The molecule has 8 heteroatoms. The fraction of sp³-hybridized carbons (Fsp3) is 0.409. The van der Waals surface area contributed by atoms with Crippen LogP contribution in [0, 0.1) is 0 Å². The van der Waals surface area contributed by atoms with Crippen molar-refractivity contribution in [3.63, 3.8) is 0 Å². The van der Waals surface area contributed by atoms with Gasteiger partial charge in [-0.1, -0.05) is 30.0 Å². The average molecular weight is 443 g/mol. The lowest BCUT2D eigenvalue weighted by atomic mass is 10.1. The second kappa shape index (κ2) is 9.66. The third-order valence-electron chi connectivity index (χ3n) is 5.08. The molecule has 3 aromatic rings. The highest BCUT2D eigenvalue weighted by atomic mass is 32.2. The summed E-state index contributed by atoms with van der Waals surface area (Å²) in [6.45, 7) is 2.53. The van der Waals surface area contributed by atoms with Crippen LogP contribution in [0.2, 0.25) is 0 Å². The van der Waals surface area contributed by atoms with E-state index in [-0.39, 0.29) is 11.2 Å². The van der Waals surface area contributed by atoms with Gasteiger partial charge >= 0.3 is 0 Å². The normalized spacial score (nSPS) is 14.5. The molecule has 0 bridgehead atoms. The second-order valence-corrected chi connectivity index (χ2v) is 9.75. The molecular weight excluding hydrogens is 416 g/mol. The highest BCUT2D eigenvalue weighted by Crippen LogP contribution is 2.40. The first-order chi connectivity index (χ1) is 14.6. The van der Waals surface area contributed by atoms with Gasteiger partial charge in [-0.25, -0.2) is 0 Å². The summed E-state index contributed by atoms with van der Waals surface area (Å²) >= 11 is 3.23. The molecule has 1 aromatic carbocycles. The van der Waals surface area contributed by atoms with Gasteiger partial charge in [0, 0.05) is 23.9 Å². The van der Waals surface area contributed by atoms with Crippen LogP contribution < -0.4 is 10.1 Å². The number of rotatable bonds is 10. The summed E-state index contributed by atoms with van der Waals surface area (Å²) in [5, 5.41) is 14.6. The minimum atomic E-state index is -0.225. The number of benzene rings is 1. The first-order valence-electron chi connectivity index (χ1n) is 10.2. The molecule has 0 radical (unpaired) electrons. The van der Waals surface area contributed by atoms with Crippen molar-refractivity contribution in [2.75, 3.05) is 13.7 Å². The Kier molecular flexibility index (Phi) is 6.74. The van der Waals surface area contributed by atoms with Gasteiger partial charge in [0.1, 0.15) is 11.6 Å². The lowest BCUT2D eigenvalue weighted by Crippen LogP contribution is -2.32. The lowest BCUT2D eigenvalue weighted by molar-refractivity contribution is -0.120. The van der Waals surface area contributed by atoms with Crippen molar-refractivity contribution >= 4 is 29.0 Å². The second-order valence-electron chi connectivity index (χ2n) is 7.41. The zero-order valence-corrected chi connectivity index (χ0v) is 18.8. The molecule has 4 rings (SSSR count). The zero-order chi connectivity index (χ0) is 20.9. The van der Waals surface area contributed by atoms with Gasteiger partial charge in [-0.2, -0.15) is 0 Å². The van der Waals surface area contributed by atoms with Crippen molar-refractivity contribution in [1.82, 2.24) is 20.1 Å². The van der Waals surface area contributed by atoms with Gasteiger partial charge < -0.3 is 14.6 Å². The van der Waals surface area contributed by atoms with Crippen LogP contribution in [-0.2, 0) is 17.6 Å². The standard InChI is InChI=1S/C22H26N4O2S2/c1-15(21(27)23-12-11-16-5-9-18(28-2)10-6-16)30-22-25-24-20(26(22)17-7-8-17)14-19-4-3-13-29-19/h3-6,9-10,13,15,17H,7-8,11-12,14H2,1-2H3,(H,23,27). The Labute approximate surface area is 185 Å². The number of nitrogens with zero attached hydrogens (tertiary/aromatic N) is 3. The number of aromatic nitrogens is 3. The van der Waals surface area contributed by atoms with E-state index in [0.29, 0.717) is 12.6 Å². The minimum absolute atomic E-state index is 0.0265. The van der Waals surface area contributed by atoms with Crippen molar-refractivity contribution in [1.29, 1.82) is 0 Å². The third kappa shape index (κ3) is 5.23. The molecule has 0 saturated heterocycles. The summed E-state index contributed by atoms with van der Waals surface area (Å²) in [6, 6.07) is 12.6. The van der Waals surface area contributed by atoms with E-state index in [4.69, 9.17) is 4.74 Å². The van der Waals surface area contributed by atoms with Crippen molar-refractivity contribution in [3.8, 4) is 5.75 Å². The van der Waals surface area contributed by atoms with Crippen molar-refractivity contribution in [2.24, 2.45) is 0 Å². The van der Waals surface area contributed by atoms with Gasteiger partial charge in [-0.15, -0.1) is 21.5 Å². The fourth-order valence-corrected chi connectivity index (χ4v) is 4.92. The van der Waals surface area contributed by atoms with E-state index in [1.54, 1.807) is 18.4 Å². The van der Waals surface area contributed by atoms with Crippen LogP contribution in [0.15, 0.2) is 46.9 Å². The summed E-state index contributed by atoms with van der Waals surface area (Å²) < 4.78 is 7.42. The predicted molar refractivity (Wildman–Crippen MR) is 120 cm³/mol. The van der Waals surface area contributed by atoms with Gasteiger partial charge in [0.15, 0.2) is 5.16 Å². The molecule has 1 aliphatic rings. The topological polar surface area (TPSA) is 69.0 Å². The fourth-order valence-electron chi connectivity index (χ4n) is 3.25. The van der Waals surface area contributed by atoms with Crippen LogP contribution in [0.25, 0.3) is 0 Å². The molecule has 1 N–H and O–H groups in total. The maximum absolute atomic E-state index is 12.6. The highest BCUT2D eigenvalue weighted by molar-refractivity contribution is 8.00. The van der Waals surface area contributed by atoms with Crippen LogP contribution in [-0.4, -0.2) is 39.6 Å². The molecule has 6 nitrogen and oxygen atoms in total. The van der Waals surface area contributed by atoms with E-state index in [1.807, 2.05) is 31.2 Å². The van der Waals surface area contributed by atoms with E-state index in [9.17, 15) is 4.79 Å². The third-order valence-corrected chi connectivity index (χ3v) is 7.02.